The van der Waals surface area contributed by atoms with Gasteiger partial charge < -0.3 is 5.21 Å². The van der Waals surface area contributed by atoms with Gasteiger partial charge in [-0.15, -0.1) is 0 Å². The number of pyridine rings is 1. The van der Waals surface area contributed by atoms with Crippen LogP contribution in [0, 0.1) is 19.1 Å². The number of aromatic nitrogens is 1. The lowest BCUT2D eigenvalue weighted by atomic mass is 10.3. The standard InChI is InChI=1S/C7H7Cl2NO/c1-4-3-6(8)5(2)7(9)10(4)11/h3H,1-2H3. The van der Waals surface area contributed by atoms with Crippen molar-refractivity contribution >= 4 is 23.2 Å². The van der Waals surface area contributed by atoms with Crippen LogP contribution in [0.4, 0.5) is 0 Å². The Morgan fingerprint density at radius 2 is 1.91 bits per heavy atom. The molecule has 0 saturated heterocycles. The number of hydrogen-bond acceptors (Lipinski definition) is 1. The van der Waals surface area contributed by atoms with Crippen molar-refractivity contribution in [2.75, 3.05) is 0 Å². The molecule has 60 valence electrons. The third-order valence-corrected chi connectivity index (χ3v) is 2.33. The molecule has 4 heteroatoms. The molecule has 0 aliphatic heterocycles. The molecule has 11 heavy (non-hydrogen) atoms. The van der Waals surface area contributed by atoms with Crippen LogP contribution in [0.1, 0.15) is 11.3 Å². The minimum absolute atomic E-state index is 0.148. The summed E-state index contributed by atoms with van der Waals surface area (Å²) in [5.41, 5.74) is 1.12. The fourth-order valence-corrected chi connectivity index (χ4v) is 1.29. The van der Waals surface area contributed by atoms with Crippen LogP contribution in [0.25, 0.3) is 0 Å². The maximum atomic E-state index is 11.1. The van der Waals surface area contributed by atoms with Gasteiger partial charge in [0.05, 0.1) is 10.6 Å². The van der Waals surface area contributed by atoms with E-state index in [1.54, 1.807) is 19.9 Å². The van der Waals surface area contributed by atoms with E-state index in [0.717, 1.165) is 0 Å². The van der Waals surface area contributed by atoms with Crippen molar-refractivity contribution in [1.82, 2.24) is 0 Å². The van der Waals surface area contributed by atoms with Crippen LogP contribution in [0.5, 0.6) is 0 Å². The summed E-state index contributed by atoms with van der Waals surface area (Å²) < 4.78 is 0.656. The van der Waals surface area contributed by atoms with E-state index < -0.39 is 0 Å². The highest BCUT2D eigenvalue weighted by atomic mass is 35.5. The van der Waals surface area contributed by atoms with Crippen LogP contribution in [-0.2, 0) is 0 Å². The molecule has 0 fully saturated rings. The van der Waals surface area contributed by atoms with Gasteiger partial charge >= 0.3 is 0 Å². The lowest BCUT2D eigenvalue weighted by Crippen LogP contribution is -2.32. The molecule has 0 aliphatic carbocycles. The Labute approximate surface area is 74.9 Å². The van der Waals surface area contributed by atoms with E-state index in [1.165, 1.54) is 0 Å². The Balaban J connectivity index is 3.46. The van der Waals surface area contributed by atoms with Gasteiger partial charge in [0.2, 0.25) is 0 Å². The van der Waals surface area contributed by atoms with Crippen LogP contribution in [-0.4, -0.2) is 0 Å². The first-order valence-corrected chi connectivity index (χ1v) is 3.84. The molecule has 0 N–H and O–H groups in total. The predicted molar refractivity (Wildman–Crippen MR) is 44.9 cm³/mol. The van der Waals surface area contributed by atoms with Gasteiger partial charge in [-0.2, -0.15) is 4.73 Å². The van der Waals surface area contributed by atoms with E-state index in [-0.39, 0.29) is 5.15 Å². The van der Waals surface area contributed by atoms with Gasteiger partial charge in [0.15, 0.2) is 5.69 Å². The van der Waals surface area contributed by atoms with Crippen LogP contribution in [0.3, 0.4) is 0 Å². The molecule has 1 heterocycles. The molecule has 0 radical (unpaired) electrons. The molecule has 0 aliphatic rings. The molecule has 0 aromatic carbocycles. The summed E-state index contributed by atoms with van der Waals surface area (Å²) in [6.07, 6.45) is 0. The normalized spacial score (nSPS) is 10.2. The van der Waals surface area contributed by atoms with Crippen molar-refractivity contribution in [1.29, 1.82) is 0 Å². The zero-order valence-electron chi connectivity index (χ0n) is 6.19. The van der Waals surface area contributed by atoms with Crippen LogP contribution < -0.4 is 4.73 Å². The van der Waals surface area contributed by atoms with Crippen LogP contribution >= 0.6 is 23.2 Å². The van der Waals surface area contributed by atoms with E-state index in [4.69, 9.17) is 23.2 Å². The molecule has 0 amide bonds. The SMILES string of the molecule is Cc1c(Cl)cc(C)[n+]([O-])c1Cl. The Bertz CT molecular complexity index is 273. The predicted octanol–water partition coefficient (Wildman–Crippen LogP) is 2.24. The van der Waals surface area contributed by atoms with Crippen molar-refractivity contribution in [2.24, 2.45) is 0 Å². The molecule has 0 bridgehead atoms. The molecule has 0 spiro atoms. The second-order valence-corrected chi connectivity index (χ2v) is 3.11. The zero-order chi connectivity index (χ0) is 8.59. The summed E-state index contributed by atoms with van der Waals surface area (Å²) in [5, 5.41) is 11.7. The number of rotatable bonds is 0. The first-order chi connectivity index (χ1) is 5.04. The van der Waals surface area contributed by atoms with Crippen molar-refractivity contribution in [3.8, 4) is 0 Å². The van der Waals surface area contributed by atoms with Gasteiger partial charge in [0.25, 0.3) is 5.15 Å². The quantitative estimate of drug-likeness (QED) is 0.351. The lowest BCUT2D eigenvalue weighted by molar-refractivity contribution is -0.610. The molecular formula is C7H7Cl2NO. The highest BCUT2D eigenvalue weighted by Gasteiger charge is 2.12. The first-order valence-electron chi connectivity index (χ1n) is 3.09. The van der Waals surface area contributed by atoms with Gasteiger partial charge in [0, 0.05) is 13.0 Å². The molecular weight excluding hydrogens is 185 g/mol. The average Bonchev–Trinajstić information content (AvgIpc) is 1.97. The molecule has 1 aromatic heterocycles. The zero-order valence-corrected chi connectivity index (χ0v) is 7.70. The Morgan fingerprint density at radius 3 is 2.45 bits per heavy atom. The van der Waals surface area contributed by atoms with E-state index in [1.807, 2.05) is 0 Å². The highest BCUT2D eigenvalue weighted by molar-refractivity contribution is 6.34. The van der Waals surface area contributed by atoms with Gasteiger partial charge in [-0.05, 0) is 18.5 Å². The van der Waals surface area contributed by atoms with Gasteiger partial charge in [0.1, 0.15) is 0 Å². The second kappa shape index (κ2) is 2.88. The number of hydrogen-bond donors (Lipinski definition) is 0. The maximum Gasteiger partial charge on any atom is 0.290 e. The Kier molecular flexibility index (Phi) is 2.25. The van der Waals surface area contributed by atoms with E-state index in [2.05, 4.69) is 0 Å². The fraction of sp³-hybridized carbons (Fsp3) is 0.286. The summed E-state index contributed by atoms with van der Waals surface area (Å²) in [4.78, 5) is 0. The summed E-state index contributed by atoms with van der Waals surface area (Å²) in [6, 6.07) is 1.59. The summed E-state index contributed by atoms with van der Waals surface area (Å²) in [6.45, 7) is 3.36. The van der Waals surface area contributed by atoms with E-state index in [9.17, 15) is 5.21 Å². The first kappa shape index (κ1) is 8.62. The molecule has 2 nitrogen and oxygen atoms in total. The second-order valence-electron chi connectivity index (χ2n) is 2.34. The minimum Gasteiger partial charge on any atom is -0.617 e. The van der Waals surface area contributed by atoms with Crippen LogP contribution in [0.2, 0.25) is 10.2 Å². The molecule has 0 unspecified atom stereocenters. The number of aryl methyl sites for hydroxylation is 1. The van der Waals surface area contributed by atoms with Gasteiger partial charge in [-0.3, -0.25) is 0 Å². The topological polar surface area (TPSA) is 26.9 Å². The lowest BCUT2D eigenvalue weighted by Gasteiger charge is -2.05. The summed E-state index contributed by atoms with van der Waals surface area (Å²) in [5.74, 6) is 0. The maximum absolute atomic E-state index is 11.1. The largest absolute Gasteiger partial charge is 0.617 e. The van der Waals surface area contributed by atoms with E-state index >= 15 is 0 Å². The Morgan fingerprint density at radius 1 is 1.36 bits per heavy atom. The molecule has 1 rings (SSSR count). The molecule has 1 aromatic rings. The number of nitrogens with zero attached hydrogens (tertiary/aromatic N) is 1. The third kappa shape index (κ3) is 1.42. The summed E-state index contributed by atoms with van der Waals surface area (Å²) in [7, 11) is 0. The monoisotopic (exact) mass is 191 g/mol. The van der Waals surface area contributed by atoms with Crippen molar-refractivity contribution in [3.05, 3.63) is 32.7 Å². The highest BCUT2D eigenvalue weighted by Crippen LogP contribution is 2.20. The van der Waals surface area contributed by atoms with Crippen molar-refractivity contribution in [2.45, 2.75) is 13.8 Å². The van der Waals surface area contributed by atoms with Crippen molar-refractivity contribution in [3.63, 3.8) is 0 Å². The minimum atomic E-state index is 0.148. The third-order valence-electron chi connectivity index (χ3n) is 1.50. The van der Waals surface area contributed by atoms with Gasteiger partial charge in [-0.25, -0.2) is 0 Å². The smallest absolute Gasteiger partial charge is 0.290 e. The Hall–Kier alpha value is -0.470. The van der Waals surface area contributed by atoms with Crippen molar-refractivity contribution < 1.29 is 4.73 Å². The van der Waals surface area contributed by atoms with Crippen LogP contribution in [0.15, 0.2) is 6.07 Å². The summed E-state index contributed by atoms with van der Waals surface area (Å²) >= 11 is 11.4. The van der Waals surface area contributed by atoms with E-state index in [0.29, 0.717) is 21.0 Å². The average molecular weight is 192 g/mol. The molecule has 0 saturated carbocycles. The number of halogens is 2. The molecule has 0 atom stereocenters. The fourth-order valence-electron chi connectivity index (χ4n) is 0.756. The van der Waals surface area contributed by atoms with Gasteiger partial charge in [-0.1, -0.05) is 11.6 Å².